The zero-order valence-corrected chi connectivity index (χ0v) is 15.7. The molecule has 0 saturated carbocycles. The van der Waals surface area contributed by atoms with Gasteiger partial charge in [0.1, 0.15) is 11.5 Å². The Hall–Kier alpha value is -2.99. The molecule has 0 bridgehead atoms. The van der Waals surface area contributed by atoms with Crippen molar-refractivity contribution < 1.29 is 4.79 Å². The molecular formula is C21H23N5O. The van der Waals surface area contributed by atoms with Crippen LogP contribution in [0.25, 0.3) is 17.1 Å². The maximum absolute atomic E-state index is 13.0. The standard InChI is InChI=1S/C21H23N5O/c1-16-8-9-17(14-22-16)20-23-19(15-26(20)18-6-4-3-5-7-18)21(27)25-12-10-24(2)11-13-25/h3-9,14-15H,10-13H2,1-2H3. The summed E-state index contributed by atoms with van der Waals surface area (Å²) in [6.45, 7) is 5.19. The second kappa shape index (κ2) is 7.32. The van der Waals surface area contributed by atoms with Gasteiger partial charge in [-0.05, 0) is 38.2 Å². The molecule has 1 fully saturated rings. The van der Waals surface area contributed by atoms with Gasteiger partial charge >= 0.3 is 0 Å². The summed E-state index contributed by atoms with van der Waals surface area (Å²) < 4.78 is 1.97. The van der Waals surface area contributed by atoms with E-state index in [9.17, 15) is 4.79 Å². The Kier molecular flexibility index (Phi) is 4.73. The molecular weight excluding hydrogens is 338 g/mol. The van der Waals surface area contributed by atoms with E-state index in [-0.39, 0.29) is 5.91 Å². The molecule has 0 aliphatic carbocycles. The highest BCUT2D eigenvalue weighted by atomic mass is 16.2. The van der Waals surface area contributed by atoms with Gasteiger partial charge in [0, 0.05) is 55.5 Å². The Labute approximate surface area is 159 Å². The number of hydrogen-bond acceptors (Lipinski definition) is 4. The number of aryl methyl sites for hydroxylation is 1. The first-order valence-corrected chi connectivity index (χ1v) is 9.17. The summed E-state index contributed by atoms with van der Waals surface area (Å²) in [5, 5.41) is 0. The predicted molar refractivity (Wildman–Crippen MR) is 105 cm³/mol. The van der Waals surface area contributed by atoms with Crippen molar-refractivity contribution in [3.63, 3.8) is 0 Å². The van der Waals surface area contributed by atoms with Crippen molar-refractivity contribution in [2.75, 3.05) is 33.2 Å². The molecule has 6 heteroatoms. The SMILES string of the molecule is Cc1ccc(-c2nc(C(=O)N3CCN(C)CC3)cn2-c2ccccc2)cn1. The van der Waals surface area contributed by atoms with Crippen molar-refractivity contribution in [2.24, 2.45) is 0 Å². The van der Waals surface area contributed by atoms with Gasteiger partial charge in [0.2, 0.25) is 0 Å². The molecule has 0 N–H and O–H groups in total. The molecule has 3 aromatic rings. The molecule has 1 aliphatic heterocycles. The number of imidazole rings is 1. The normalized spacial score (nSPS) is 15.1. The lowest BCUT2D eigenvalue weighted by Crippen LogP contribution is -2.47. The molecule has 2 aromatic heterocycles. The quantitative estimate of drug-likeness (QED) is 0.720. The number of carbonyl (C=O) groups is 1. The number of amides is 1. The van der Waals surface area contributed by atoms with E-state index in [1.54, 1.807) is 6.20 Å². The van der Waals surface area contributed by atoms with Crippen molar-refractivity contribution in [1.29, 1.82) is 0 Å². The zero-order valence-electron chi connectivity index (χ0n) is 15.7. The van der Waals surface area contributed by atoms with E-state index >= 15 is 0 Å². The largest absolute Gasteiger partial charge is 0.335 e. The van der Waals surface area contributed by atoms with Gasteiger partial charge in [-0.15, -0.1) is 0 Å². The van der Waals surface area contributed by atoms with E-state index in [0.717, 1.165) is 48.9 Å². The summed E-state index contributed by atoms with van der Waals surface area (Å²) in [5.74, 6) is 0.713. The second-order valence-electron chi connectivity index (χ2n) is 6.94. The minimum absolute atomic E-state index is 0.0147. The first kappa shape index (κ1) is 17.4. The molecule has 0 unspecified atom stereocenters. The molecule has 0 radical (unpaired) electrons. The molecule has 3 heterocycles. The molecule has 1 amide bonds. The number of nitrogens with zero attached hydrogens (tertiary/aromatic N) is 5. The molecule has 4 rings (SSSR count). The lowest BCUT2D eigenvalue weighted by atomic mass is 10.2. The number of aromatic nitrogens is 3. The van der Waals surface area contributed by atoms with Gasteiger partial charge in [-0.1, -0.05) is 18.2 Å². The van der Waals surface area contributed by atoms with Gasteiger partial charge in [0.15, 0.2) is 0 Å². The minimum Gasteiger partial charge on any atom is -0.335 e. The van der Waals surface area contributed by atoms with E-state index < -0.39 is 0 Å². The molecule has 138 valence electrons. The van der Waals surface area contributed by atoms with Crippen LogP contribution in [-0.2, 0) is 0 Å². The molecule has 1 saturated heterocycles. The third-order valence-corrected chi connectivity index (χ3v) is 4.92. The van der Waals surface area contributed by atoms with Gasteiger partial charge in [0.25, 0.3) is 5.91 Å². The van der Waals surface area contributed by atoms with Gasteiger partial charge in [-0.25, -0.2) is 4.98 Å². The summed E-state index contributed by atoms with van der Waals surface area (Å²) >= 11 is 0. The van der Waals surface area contributed by atoms with Crippen molar-refractivity contribution in [3.8, 4) is 17.1 Å². The summed E-state index contributed by atoms with van der Waals surface area (Å²) in [5.41, 5.74) is 3.28. The van der Waals surface area contributed by atoms with E-state index in [2.05, 4.69) is 16.9 Å². The van der Waals surface area contributed by atoms with Crippen molar-refractivity contribution in [2.45, 2.75) is 6.92 Å². The highest BCUT2D eigenvalue weighted by Crippen LogP contribution is 2.23. The maximum Gasteiger partial charge on any atom is 0.274 e. The van der Waals surface area contributed by atoms with Gasteiger partial charge in [-0.3, -0.25) is 14.3 Å². The summed E-state index contributed by atoms with van der Waals surface area (Å²) in [6, 6.07) is 13.9. The van der Waals surface area contributed by atoms with E-state index in [0.29, 0.717) is 5.69 Å². The van der Waals surface area contributed by atoms with Crippen molar-refractivity contribution in [3.05, 3.63) is 66.2 Å². The molecule has 27 heavy (non-hydrogen) atoms. The van der Waals surface area contributed by atoms with Crippen molar-refractivity contribution in [1.82, 2.24) is 24.3 Å². The first-order chi connectivity index (χ1) is 13.1. The number of benzene rings is 1. The first-order valence-electron chi connectivity index (χ1n) is 9.17. The number of hydrogen-bond donors (Lipinski definition) is 0. The highest BCUT2D eigenvalue weighted by molar-refractivity contribution is 5.93. The van der Waals surface area contributed by atoms with Crippen LogP contribution in [0.2, 0.25) is 0 Å². The third-order valence-electron chi connectivity index (χ3n) is 4.92. The van der Waals surface area contributed by atoms with Crippen molar-refractivity contribution >= 4 is 5.91 Å². The molecule has 1 aromatic carbocycles. The monoisotopic (exact) mass is 361 g/mol. The number of likely N-dealkylation sites (N-methyl/N-ethyl adjacent to an activating group) is 1. The molecule has 1 aliphatic rings. The Morgan fingerprint density at radius 3 is 2.41 bits per heavy atom. The Balaban J connectivity index is 1.73. The van der Waals surface area contributed by atoms with Crippen LogP contribution in [0, 0.1) is 6.92 Å². The van der Waals surface area contributed by atoms with Gasteiger partial charge in [0.05, 0.1) is 0 Å². The minimum atomic E-state index is -0.0147. The number of rotatable bonds is 3. The van der Waals surface area contributed by atoms with Gasteiger partial charge in [-0.2, -0.15) is 0 Å². The van der Waals surface area contributed by atoms with Gasteiger partial charge < -0.3 is 9.80 Å². The Bertz CT molecular complexity index is 925. The third kappa shape index (κ3) is 3.61. The molecule has 0 atom stereocenters. The zero-order chi connectivity index (χ0) is 18.8. The van der Waals surface area contributed by atoms with Crippen LogP contribution in [-0.4, -0.2) is 63.5 Å². The lowest BCUT2D eigenvalue weighted by molar-refractivity contribution is 0.0659. The fourth-order valence-corrected chi connectivity index (χ4v) is 3.24. The maximum atomic E-state index is 13.0. The van der Waals surface area contributed by atoms with Crippen LogP contribution in [0.5, 0.6) is 0 Å². The average Bonchev–Trinajstić information content (AvgIpc) is 3.15. The van der Waals surface area contributed by atoms with E-state index in [1.165, 1.54) is 0 Å². The van der Waals surface area contributed by atoms with E-state index in [1.807, 2.05) is 65.1 Å². The topological polar surface area (TPSA) is 54.3 Å². The highest BCUT2D eigenvalue weighted by Gasteiger charge is 2.24. The molecule has 6 nitrogen and oxygen atoms in total. The molecule has 0 spiro atoms. The predicted octanol–water partition coefficient (Wildman–Crippen LogP) is 2.63. The Morgan fingerprint density at radius 2 is 1.74 bits per heavy atom. The summed E-state index contributed by atoms with van der Waals surface area (Å²) in [4.78, 5) is 26.2. The van der Waals surface area contributed by atoms with Crippen LogP contribution >= 0.6 is 0 Å². The smallest absolute Gasteiger partial charge is 0.274 e. The second-order valence-corrected chi connectivity index (χ2v) is 6.94. The number of pyridine rings is 1. The fraction of sp³-hybridized carbons (Fsp3) is 0.286. The fourth-order valence-electron chi connectivity index (χ4n) is 3.24. The summed E-state index contributed by atoms with van der Waals surface area (Å²) in [6.07, 6.45) is 3.65. The average molecular weight is 361 g/mol. The van der Waals surface area contributed by atoms with Crippen LogP contribution in [0.4, 0.5) is 0 Å². The summed E-state index contributed by atoms with van der Waals surface area (Å²) in [7, 11) is 2.08. The number of carbonyl (C=O) groups excluding carboxylic acids is 1. The van der Waals surface area contributed by atoms with E-state index in [4.69, 9.17) is 4.98 Å². The number of para-hydroxylation sites is 1. The van der Waals surface area contributed by atoms with Crippen LogP contribution in [0.3, 0.4) is 0 Å². The Morgan fingerprint density at radius 1 is 1.00 bits per heavy atom. The van der Waals surface area contributed by atoms with Crippen LogP contribution in [0.15, 0.2) is 54.9 Å². The number of piperazine rings is 1. The van der Waals surface area contributed by atoms with Crippen LogP contribution < -0.4 is 0 Å². The van der Waals surface area contributed by atoms with Crippen LogP contribution in [0.1, 0.15) is 16.2 Å². The lowest BCUT2D eigenvalue weighted by Gasteiger charge is -2.31.